The number of rotatable bonds is 13. The first-order valence-corrected chi connectivity index (χ1v) is 13.7. The Balaban J connectivity index is 1.48. The van der Waals surface area contributed by atoms with Crippen LogP contribution in [-0.4, -0.2) is 51.9 Å². The average molecular weight is 572 g/mol. The van der Waals surface area contributed by atoms with Crippen LogP contribution < -0.4 is 10.6 Å². The molecule has 4 aromatic rings. The lowest BCUT2D eigenvalue weighted by Gasteiger charge is -2.27. The summed E-state index contributed by atoms with van der Waals surface area (Å²) in [5, 5.41) is 5.55. The lowest BCUT2D eigenvalue weighted by atomic mass is 10.0. The van der Waals surface area contributed by atoms with Gasteiger partial charge in [0.05, 0.1) is 18.6 Å². The Hall–Kier alpha value is -4.99. The molecule has 3 N–H and O–H groups in total. The van der Waals surface area contributed by atoms with Crippen LogP contribution >= 0.6 is 0 Å². The molecule has 42 heavy (non-hydrogen) atoms. The highest BCUT2D eigenvalue weighted by molar-refractivity contribution is 5.89. The van der Waals surface area contributed by atoms with Crippen molar-refractivity contribution in [3.63, 3.8) is 0 Å². The van der Waals surface area contributed by atoms with Crippen LogP contribution in [0, 0.1) is 5.82 Å². The molecule has 0 fully saturated rings. The maximum atomic E-state index is 13.9. The van der Waals surface area contributed by atoms with E-state index in [-0.39, 0.29) is 37.9 Å². The van der Waals surface area contributed by atoms with Gasteiger partial charge in [0.1, 0.15) is 18.5 Å². The van der Waals surface area contributed by atoms with Crippen LogP contribution in [0.25, 0.3) is 0 Å². The molecular weight excluding hydrogens is 537 g/mol. The number of aromatic amines is 1. The van der Waals surface area contributed by atoms with E-state index in [0.29, 0.717) is 17.8 Å². The number of amides is 3. The Labute approximate surface area is 244 Å². The normalized spacial score (nSPS) is 12.1. The molecular formula is C32H34FN5O4. The summed E-state index contributed by atoms with van der Waals surface area (Å²) >= 11 is 0. The van der Waals surface area contributed by atoms with Crippen molar-refractivity contribution in [2.45, 2.75) is 38.5 Å². The summed E-state index contributed by atoms with van der Waals surface area (Å²) in [6.45, 7) is 2.16. The number of hydrogen-bond acceptors (Lipinski definition) is 5. The molecule has 0 radical (unpaired) electrons. The molecule has 10 heteroatoms. The van der Waals surface area contributed by atoms with Crippen molar-refractivity contribution in [2.24, 2.45) is 0 Å². The van der Waals surface area contributed by atoms with E-state index in [1.54, 1.807) is 18.3 Å². The maximum Gasteiger partial charge on any atom is 0.408 e. The quantitative estimate of drug-likeness (QED) is 0.221. The van der Waals surface area contributed by atoms with Crippen molar-refractivity contribution in [1.29, 1.82) is 0 Å². The van der Waals surface area contributed by atoms with E-state index in [9.17, 15) is 18.8 Å². The van der Waals surface area contributed by atoms with Crippen LogP contribution in [-0.2, 0) is 33.9 Å². The second kappa shape index (κ2) is 15.1. The van der Waals surface area contributed by atoms with Crippen molar-refractivity contribution in [3.8, 4) is 0 Å². The van der Waals surface area contributed by atoms with Crippen LogP contribution in [0.15, 0.2) is 97.5 Å². The van der Waals surface area contributed by atoms with E-state index >= 15 is 0 Å². The molecule has 0 saturated heterocycles. The lowest BCUT2D eigenvalue weighted by Crippen LogP contribution is -2.52. The maximum absolute atomic E-state index is 13.9. The number of carbonyl (C=O) groups excluding carboxylic acids is 3. The Morgan fingerprint density at radius 3 is 2.31 bits per heavy atom. The van der Waals surface area contributed by atoms with Gasteiger partial charge in [0.2, 0.25) is 11.8 Å². The first-order chi connectivity index (χ1) is 20.4. The molecule has 0 aliphatic heterocycles. The van der Waals surface area contributed by atoms with Crippen molar-refractivity contribution in [1.82, 2.24) is 25.5 Å². The number of aromatic nitrogens is 2. The smallest absolute Gasteiger partial charge is 0.408 e. The predicted molar refractivity (Wildman–Crippen MR) is 156 cm³/mol. The van der Waals surface area contributed by atoms with Crippen LogP contribution in [0.4, 0.5) is 9.18 Å². The molecule has 218 valence electrons. The largest absolute Gasteiger partial charge is 0.445 e. The van der Waals surface area contributed by atoms with Gasteiger partial charge in [-0.2, -0.15) is 0 Å². The Bertz CT molecular complexity index is 1420. The summed E-state index contributed by atoms with van der Waals surface area (Å²) in [5.74, 6) is -1.22. The van der Waals surface area contributed by atoms with Crippen molar-refractivity contribution in [3.05, 3.63) is 126 Å². The minimum atomic E-state index is -1.08. The number of ether oxygens (including phenoxy) is 1. The van der Waals surface area contributed by atoms with E-state index in [4.69, 9.17) is 4.74 Å². The van der Waals surface area contributed by atoms with E-state index < -0.39 is 23.9 Å². The van der Waals surface area contributed by atoms with Crippen LogP contribution in [0.3, 0.4) is 0 Å². The minimum absolute atomic E-state index is 0.0251. The van der Waals surface area contributed by atoms with E-state index in [1.165, 1.54) is 23.4 Å². The number of benzene rings is 3. The monoisotopic (exact) mass is 571 g/mol. The summed E-state index contributed by atoms with van der Waals surface area (Å²) in [6, 6.07) is 23.6. The number of nitrogens with zero attached hydrogens (tertiary/aromatic N) is 2. The van der Waals surface area contributed by atoms with Gasteiger partial charge in [-0.15, -0.1) is 0 Å². The summed E-state index contributed by atoms with van der Waals surface area (Å²) in [5.41, 5.74) is 3.04. The molecule has 1 heterocycles. The molecule has 4 rings (SSSR count). The van der Waals surface area contributed by atoms with Gasteiger partial charge in [-0.3, -0.25) is 9.59 Å². The second-order valence-corrected chi connectivity index (χ2v) is 9.96. The zero-order valence-electron chi connectivity index (χ0n) is 23.3. The summed E-state index contributed by atoms with van der Waals surface area (Å²) in [4.78, 5) is 48.1. The average Bonchev–Trinajstić information content (AvgIpc) is 3.53. The molecule has 1 unspecified atom stereocenters. The van der Waals surface area contributed by atoms with Gasteiger partial charge in [-0.05, 0) is 34.7 Å². The van der Waals surface area contributed by atoms with Gasteiger partial charge in [0.25, 0.3) is 0 Å². The van der Waals surface area contributed by atoms with Gasteiger partial charge in [0.15, 0.2) is 0 Å². The minimum Gasteiger partial charge on any atom is -0.445 e. The van der Waals surface area contributed by atoms with Crippen molar-refractivity contribution >= 4 is 17.9 Å². The van der Waals surface area contributed by atoms with Crippen LogP contribution in [0.5, 0.6) is 0 Å². The van der Waals surface area contributed by atoms with E-state index in [1.807, 2.05) is 67.6 Å². The molecule has 2 atom stereocenters. The van der Waals surface area contributed by atoms with Crippen LogP contribution in [0.1, 0.15) is 35.2 Å². The number of hydrogen-bond donors (Lipinski definition) is 3. The molecule has 0 spiro atoms. The first kappa shape index (κ1) is 30.0. The standard InChI is InChI=1S/C32H34FN5O4/c1-23(26-10-6-3-7-11-26)17-35-30(39)20-38(19-24-12-14-27(33)15-13-24)31(40)29(16-28-18-34-22-36-28)37-32(41)42-21-25-8-4-2-5-9-25/h2-15,18,22-23,29H,16-17,19-21H2,1H3,(H,34,36)(H,35,39)(H,37,41)/t23?,29-/m0/s1. The zero-order chi connectivity index (χ0) is 29.7. The molecule has 1 aromatic heterocycles. The number of imidazole rings is 1. The van der Waals surface area contributed by atoms with Crippen LogP contribution in [0.2, 0.25) is 0 Å². The Morgan fingerprint density at radius 1 is 0.952 bits per heavy atom. The summed E-state index contributed by atoms with van der Waals surface area (Å²) < 4.78 is 18.9. The molecule has 0 aliphatic rings. The van der Waals surface area contributed by atoms with Gasteiger partial charge in [-0.1, -0.05) is 79.7 Å². The third-order valence-corrected chi connectivity index (χ3v) is 6.68. The fourth-order valence-electron chi connectivity index (χ4n) is 4.36. The molecule has 0 bridgehead atoms. The predicted octanol–water partition coefficient (Wildman–Crippen LogP) is 4.34. The number of carbonyl (C=O) groups is 3. The molecule has 0 saturated carbocycles. The highest BCUT2D eigenvalue weighted by Gasteiger charge is 2.29. The van der Waals surface area contributed by atoms with Crippen molar-refractivity contribution in [2.75, 3.05) is 13.1 Å². The Kier molecular flexibility index (Phi) is 10.8. The van der Waals surface area contributed by atoms with E-state index in [0.717, 1.165) is 11.1 Å². The summed E-state index contributed by atoms with van der Waals surface area (Å²) in [6.07, 6.45) is 2.38. The van der Waals surface area contributed by atoms with Gasteiger partial charge < -0.3 is 25.3 Å². The van der Waals surface area contributed by atoms with Crippen molar-refractivity contribution < 1.29 is 23.5 Å². The number of H-pyrrole nitrogens is 1. The Morgan fingerprint density at radius 2 is 1.64 bits per heavy atom. The molecule has 9 nitrogen and oxygen atoms in total. The van der Waals surface area contributed by atoms with E-state index in [2.05, 4.69) is 20.6 Å². The van der Waals surface area contributed by atoms with Gasteiger partial charge in [0, 0.05) is 25.7 Å². The van der Waals surface area contributed by atoms with Gasteiger partial charge in [-0.25, -0.2) is 14.2 Å². The highest BCUT2D eigenvalue weighted by Crippen LogP contribution is 2.14. The first-order valence-electron chi connectivity index (χ1n) is 13.7. The van der Waals surface area contributed by atoms with Gasteiger partial charge >= 0.3 is 6.09 Å². The number of nitrogens with one attached hydrogen (secondary N) is 3. The SMILES string of the molecule is CC(CNC(=O)CN(Cc1ccc(F)cc1)C(=O)[C@H](Cc1c[nH]cn1)NC(=O)OCc1ccccc1)c1ccccc1. The number of alkyl carbamates (subject to hydrolysis) is 1. The third kappa shape index (κ3) is 9.29. The highest BCUT2D eigenvalue weighted by atomic mass is 19.1. The fraction of sp³-hybridized carbons (Fsp3) is 0.250. The third-order valence-electron chi connectivity index (χ3n) is 6.68. The fourth-order valence-corrected chi connectivity index (χ4v) is 4.36. The topological polar surface area (TPSA) is 116 Å². The molecule has 3 amide bonds. The molecule has 3 aromatic carbocycles. The lowest BCUT2D eigenvalue weighted by molar-refractivity contribution is -0.138. The second-order valence-electron chi connectivity index (χ2n) is 9.96. The number of halogens is 1. The summed E-state index contributed by atoms with van der Waals surface area (Å²) in [7, 11) is 0. The molecule has 0 aliphatic carbocycles. The zero-order valence-corrected chi connectivity index (χ0v) is 23.3.